The lowest BCUT2D eigenvalue weighted by molar-refractivity contribution is 0.321. The molecule has 2 aromatic rings. The van der Waals surface area contributed by atoms with Crippen LogP contribution in [0.5, 0.6) is 5.75 Å². The van der Waals surface area contributed by atoms with Gasteiger partial charge in [-0.25, -0.2) is 4.79 Å². The molecule has 1 fully saturated rings. The summed E-state index contributed by atoms with van der Waals surface area (Å²) in [5.74, 6) is 0.238. The molecule has 1 saturated heterocycles. The summed E-state index contributed by atoms with van der Waals surface area (Å²) in [7, 11) is 0. The molecule has 0 aliphatic carbocycles. The standard InChI is InChI=1S/C17H24N6O3/c1-11-9-12(24)3-4-13(11)20-14-15(18)23(17(26)21-16(14)25)7-2-6-22-8-5-19-10-22/h3-4,9,19-20,24H,2,5-8,10,18H2,1H3,(H,21,25,26). The molecule has 9 heteroatoms. The van der Waals surface area contributed by atoms with Gasteiger partial charge in [0.2, 0.25) is 0 Å². The second kappa shape index (κ2) is 7.63. The quantitative estimate of drug-likeness (QED) is 0.463. The van der Waals surface area contributed by atoms with Crippen molar-refractivity contribution in [3.05, 3.63) is 44.6 Å². The highest BCUT2D eigenvalue weighted by atomic mass is 16.3. The van der Waals surface area contributed by atoms with Gasteiger partial charge in [-0.15, -0.1) is 0 Å². The smallest absolute Gasteiger partial charge is 0.330 e. The molecule has 9 nitrogen and oxygen atoms in total. The van der Waals surface area contributed by atoms with E-state index in [1.54, 1.807) is 19.1 Å². The third kappa shape index (κ3) is 3.89. The number of H-pyrrole nitrogens is 1. The number of rotatable bonds is 6. The Morgan fingerprint density at radius 2 is 2.12 bits per heavy atom. The third-order valence-electron chi connectivity index (χ3n) is 4.51. The van der Waals surface area contributed by atoms with E-state index >= 15 is 0 Å². The van der Waals surface area contributed by atoms with E-state index in [9.17, 15) is 14.7 Å². The maximum absolute atomic E-state index is 12.2. The lowest BCUT2D eigenvalue weighted by atomic mass is 10.2. The molecule has 3 rings (SSSR count). The van der Waals surface area contributed by atoms with Crippen LogP contribution in [0.2, 0.25) is 0 Å². The first-order valence-electron chi connectivity index (χ1n) is 8.58. The number of nitrogens with two attached hydrogens (primary N) is 1. The van der Waals surface area contributed by atoms with E-state index in [1.165, 1.54) is 10.6 Å². The molecule has 0 bridgehead atoms. The zero-order valence-corrected chi connectivity index (χ0v) is 14.7. The summed E-state index contributed by atoms with van der Waals surface area (Å²) in [5, 5.41) is 15.7. The fraction of sp³-hybridized carbons (Fsp3) is 0.412. The van der Waals surface area contributed by atoms with Crippen LogP contribution in [0.4, 0.5) is 17.2 Å². The summed E-state index contributed by atoms with van der Waals surface area (Å²) in [6, 6.07) is 4.74. The van der Waals surface area contributed by atoms with Gasteiger partial charge in [-0.2, -0.15) is 0 Å². The average molecular weight is 360 g/mol. The first-order chi connectivity index (χ1) is 12.5. The van der Waals surface area contributed by atoms with E-state index in [0.717, 1.165) is 38.3 Å². The van der Waals surface area contributed by atoms with E-state index in [1.807, 2.05) is 0 Å². The van der Waals surface area contributed by atoms with Crippen LogP contribution in [0, 0.1) is 6.92 Å². The summed E-state index contributed by atoms with van der Waals surface area (Å²) >= 11 is 0. The van der Waals surface area contributed by atoms with Gasteiger partial charge in [0.25, 0.3) is 5.56 Å². The van der Waals surface area contributed by atoms with Crippen LogP contribution in [0.15, 0.2) is 27.8 Å². The molecule has 0 spiro atoms. The van der Waals surface area contributed by atoms with Crippen molar-refractivity contribution < 1.29 is 5.11 Å². The van der Waals surface area contributed by atoms with Crippen LogP contribution in [0.1, 0.15) is 12.0 Å². The summed E-state index contributed by atoms with van der Waals surface area (Å²) < 4.78 is 1.38. The first kappa shape index (κ1) is 18.0. The minimum absolute atomic E-state index is 0.103. The van der Waals surface area contributed by atoms with Crippen LogP contribution < -0.4 is 27.6 Å². The molecule has 2 heterocycles. The number of phenols is 1. The number of nitrogen functional groups attached to an aromatic ring is 1. The molecular weight excluding hydrogens is 336 g/mol. The number of aryl methyl sites for hydroxylation is 1. The van der Waals surface area contributed by atoms with Gasteiger partial charge in [-0.05, 0) is 37.1 Å². The Balaban J connectivity index is 1.81. The number of nitrogens with one attached hydrogen (secondary N) is 3. The molecule has 0 unspecified atom stereocenters. The van der Waals surface area contributed by atoms with E-state index in [-0.39, 0.29) is 17.3 Å². The third-order valence-corrected chi connectivity index (χ3v) is 4.51. The molecule has 1 aromatic heterocycles. The summed E-state index contributed by atoms with van der Waals surface area (Å²) in [6.07, 6.45) is 0.746. The van der Waals surface area contributed by atoms with Gasteiger partial charge in [0.15, 0.2) is 0 Å². The van der Waals surface area contributed by atoms with Crippen molar-refractivity contribution in [3.63, 3.8) is 0 Å². The molecule has 6 N–H and O–H groups in total. The lowest BCUT2D eigenvalue weighted by Gasteiger charge is -2.17. The molecule has 0 saturated carbocycles. The number of hydrogen-bond donors (Lipinski definition) is 5. The van der Waals surface area contributed by atoms with Crippen LogP contribution in [0.3, 0.4) is 0 Å². The molecule has 0 radical (unpaired) electrons. The molecule has 1 aliphatic heterocycles. The second-order valence-corrected chi connectivity index (χ2v) is 6.43. The van der Waals surface area contributed by atoms with Gasteiger partial charge < -0.3 is 21.5 Å². The van der Waals surface area contributed by atoms with Gasteiger partial charge in [0.05, 0.1) is 0 Å². The Hall–Kier alpha value is -2.78. The van der Waals surface area contributed by atoms with Crippen LogP contribution in [-0.4, -0.2) is 45.9 Å². The zero-order valence-electron chi connectivity index (χ0n) is 14.7. The highest BCUT2D eigenvalue weighted by Gasteiger charge is 2.15. The van der Waals surface area contributed by atoms with Crippen molar-refractivity contribution in [2.45, 2.75) is 19.9 Å². The van der Waals surface area contributed by atoms with Gasteiger partial charge in [0.1, 0.15) is 17.3 Å². The van der Waals surface area contributed by atoms with E-state index in [0.29, 0.717) is 12.2 Å². The van der Waals surface area contributed by atoms with Gasteiger partial charge in [-0.1, -0.05) is 0 Å². The maximum Gasteiger partial charge on any atom is 0.330 e. The first-order valence-corrected chi connectivity index (χ1v) is 8.58. The number of nitrogens with zero attached hydrogens (tertiary/aromatic N) is 2. The van der Waals surface area contributed by atoms with E-state index in [2.05, 4.69) is 20.5 Å². The fourth-order valence-corrected chi connectivity index (χ4v) is 3.05. The van der Waals surface area contributed by atoms with Gasteiger partial charge in [0, 0.05) is 38.5 Å². The summed E-state index contributed by atoms with van der Waals surface area (Å²) in [6.45, 7) is 5.87. The highest BCUT2D eigenvalue weighted by molar-refractivity contribution is 5.71. The van der Waals surface area contributed by atoms with Crippen molar-refractivity contribution in [1.29, 1.82) is 0 Å². The summed E-state index contributed by atoms with van der Waals surface area (Å²) in [5.41, 5.74) is 6.54. The molecule has 1 aliphatic rings. The normalized spacial score (nSPS) is 14.7. The van der Waals surface area contributed by atoms with E-state index < -0.39 is 11.2 Å². The minimum Gasteiger partial charge on any atom is -0.508 e. The minimum atomic E-state index is -0.569. The monoisotopic (exact) mass is 360 g/mol. The number of aromatic hydroxyl groups is 1. The van der Waals surface area contributed by atoms with Crippen LogP contribution in [-0.2, 0) is 6.54 Å². The van der Waals surface area contributed by atoms with Crippen LogP contribution in [0.25, 0.3) is 0 Å². The lowest BCUT2D eigenvalue weighted by Crippen LogP contribution is -2.34. The predicted octanol–water partition coefficient (Wildman–Crippen LogP) is 0.129. The van der Waals surface area contributed by atoms with Gasteiger partial charge >= 0.3 is 5.69 Å². The topological polar surface area (TPSA) is 128 Å². The number of anilines is 3. The Morgan fingerprint density at radius 3 is 2.81 bits per heavy atom. The van der Waals surface area contributed by atoms with Crippen LogP contribution >= 0.6 is 0 Å². The highest BCUT2D eigenvalue weighted by Crippen LogP contribution is 2.24. The molecule has 26 heavy (non-hydrogen) atoms. The zero-order chi connectivity index (χ0) is 18.7. The molecule has 140 valence electrons. The van der Waals surface area contributed by atoms with Crippen molar-refractivity contribution in [2.24, 2.45) is 0 Å². The Bertz CT molecular complexity index is 898. The Labute approximate surface area is 150 Å². The number of phenolic OH excluding ortho intramolecular Hbond substituents is 1. The Kier molecular flexibility index (Phi) is 5.29. The number of hydrogen-bond acceptors (Lipinski definition) is 7. The SMILES string of the molecule is Cc1cc(O)ccc1Nc1c(N)n(CCCN2CCNC2)c(=O)[nH]c1=O. The molecule has 0 atom stereocenters. The van der Waals surface area contributed by atoms with Crippen molar-refractivity contribution in [2.75, 3.05) is 37.4 Å². The van der Waals surface area contributed by atoms with Crippen molar-refractivity contribution >= 4 is 17.2 Å². The number of aromatic nitrogens is 2. The average Bonchev–Trinajstić information content (AvgIpc) is 3.09. The number of benzene rings is 1. The Morgan fingerprint density at radius 1 is 1.31 bits per heavy atom. The maximum atomic E-state index is 12.2. The molecule has 0 amide bonds. The predicted molar refractivity (Wildman–Crippen MR) is 101 cm³/mol. The second-order valence-electron chi connectivity index (χ2n) is 6.43. The molecular formula is C17H24N6O3. The largest absolute Gasteiger partial charge is 0.508 e. The van der Waals surface area contributed by atoms with Gasteiger partial charge in [-0.3, -0.25) is 19.2 Å². The van der Waals surface area contributed by atoms with E-state index in [4.69, 9.17) is 5.73 Å². The molecule has 1 aromatic carbocycles. The fourth-order valence-electron chi connectivity index (χ4n) is 3.05. The summed E-state index contributed by atoms with van der Waals surface area (Å²) in [4.78, 5) is 28.9. The van der Waals surface area contributed by atoms with Crippen molar-refractivity contribution in [3.8, 4) is 5.75 Å². The number of aromatic amines is 1. The van der Waals surface area contributed by atoms with Crippen molar-refractivity contribution in [1.82, 2.24) is 19.8 Å².